The van der Waals surface area contributed by atoms with Crippen LogP contribution in [0.25, 0.3) is 11.4 Å². The van der Waals surface area contributed by atoms with Crippen molar-refractivity contribution in [2.24, 2.45) is 0 Å². The molecule has 3 heterocycles. The van der Waals surface area contributed by atoms with E-state index >= 15 is 0 Å². The first-order valence-corrected chi connectivity index (χ1v) is 10.8. The molecule has 30 heavy (non-hydrogen) atoms. The molecular weight excluding hydrogens is 400 g/mol. The molecule has 0 saturated carbocycles. The topological polar surface area (TPSA) is 93.0 Å². The Kier molecular flexibility index (Phi) is 6.08. The molecule has 1 saturated heterocycles. The lowest BCUT2D eigenvalue weighted by Crippen LogP contribution is -2.26. The first-order valence-electron chi connectivity index (χ1n) is 9.83. The summed E-state index contributed by atoms with van der Waals surface area (Å²) in [6.07, 6.45) is 4.81. The van der Waals surface area contributed by atoms with Crippen molar-refractivity contribution in [1.82, 2.24) is 19.7 Å². The molecule has 0 radical (unpaired) electrons. The zero-order valence-electron chi connectivity index (χ0n) is 16.6. The van der Waals surface area contributed by atoms with Crippen LogP contribution in [-0.4, -0.2) is 43.9 Å². The molecule has 8 nitrogen and oxygen atoms in total. The zero-order chi connectivity index (χ0) is 20.9. The molecule has 2 amide bonds. The summed E-state index contributed by atoms with van der Waals surface area (Å²) >= 11 is 1.33. The van der Waals surface area contributed by atoms with Crippen LogP contribution in [0, 0.1) is 0 Å². The minimum absolute atomic E-state index is 0.0887. The highest BCUT2D eigenvalue weighted by molar-refractivity contribution is 7.99. The smallest absolute Gasteiger partial charge is 0.234 e. The fourth-order valence-electron chi connectivity index (χ4n) is 3.43. The number of aromatic nitrogens is 4. The summed E-state index contributed by atoms with van der Waals surface area (Å²) in [4.78, 5) is 30.5. The minimum Gasteiger partial charge on any atom is -0.324 e. The molecule has 4 rings (SSSR count). The van der Waals surface area contributed by atoms with Gasteiger partial charge in [-0.2, -0.15) is 0 Å². The number of para-hydroxylation sites is 2. The van der Waals surface area contributed by atoms with Crippen LogP contribution >= 0.6 is 11.8 Å². The molecule has 154 valence electrons. The number of amides is 2. The Morgan fingerprint density at radius 2 is 1.97 bits per heavy atom. The van der Waals surface area contributed by atoms with Gasteiger partial charge in [-0.15, -0.1) is 10.2 Å². The summed E-state index contributed by atoms with van der Waals surface area (Å²) in [5, 5.41) is 12.2. The number of thioether (sulfide) groups is 1. The highest BCUT2D eigenvalue weighted by Gasteiger charge is 2.24. The summed E-state index contributed by atoms with van der Waals surface area (Å²) in [6, 6.07) is 11.2. The summed E-state index contributed by atoms with van der Waals surface area (Å²) in [7, 11) is 0. The number of rotatable bonds is 7. The highest BCUT2D eigenvalue weighted by Crippen LogP contribution is 2.30. The van der Waals surface area contributed by atoms with Crippen LogP contribution in [0.1, 0.15) is 19.8 Å². The van der Waals surface area contributed by atoms with Gasteiger partial charge in [0.1, 0.15) is 0 Å². The van der Waals surface area contributed by atoms with E-state index in [4.69, 9.17) is 0 Å². The number of pyridine rings is 1. The maximum absolute atomic E-state index is 12.6. The first kappa shape index (κ1) is 20.1. The van der Waals surface area contributed by atoms with E-state index in [1.807, 2.05) is 47.9 Å². The maximum atomic E-state index is 12.6. The monoisotopic (exact) mass is 422 g/mol. The van der Waals surface area contributed by atoms with Crippen molar-refractivity contribution in [1.29, 1.82) is 0 Å². The van der Waals surface area contributed by atoms with E-state index in [1.54, 1.807) is 17.3 Å². The lowest BCUT2D eigenvalue weighted by molar-refractivity contribution is -0.117. The molecule has 0 atom stereocenters. The van der Waals surface area contributed by atoms with E-state index in [2.05, 4.69) is 20.5 Å². The van der Waals surface area contributed by atoms with Gasteiger partial charge >= 0.3 is 0 Å². The van der Waals surface area contributed by atoms with E-state index in [9.17, 15) is 9.59 Å². The molecule has 1 aliphatic heterocycles. The van der Waals surface area contributed by atoms with Gasteiger partial charge in [-0.1, -0.05) is 23.9 Å². The van der Waals surface area contributed by atoms with Crippen molar-refractivity contribution in [3.05, 3.63) is 48.8 Å². The Morgan fingerprint density at radius 3 is 2.70 bits per heavy atom. The number of carbonyl (C=O) groups is 2. The third-order valence-electron chi connectivity index (χ3n) is 4.85. The van der Waals surface area contributed by atoms with E-state index in [1.165, 1.54) is 11.8 Å². The van der Waals surface area contributed by atoms with Gasteiger partial charge < -0.3 is 14.8 Å². The normalized spacial score (nSPS) is 13.6. The number of hydrogen-bond donors (Lipinski definition) is 1. The Labute approximate surface area is 178 Å². The summed E-state index contributed by atoms with van der Waals surface area (Å²) in [6.45, 7) is 3.38. The van der Waals surface area contributed by atoms with Crippen LogP contribution in [0.2, 0.25) is 0 Å². The second kappa shape index (κ2) is 9.08. The minimum atomic E-state index is -0.157. The molecule has 0 aliphatic carbocycles. The molecule has 1 aromatic carbocycles. The van der Waals surface area contributed by atoms with Gasteiger partial charge in [0.15, 0.2) is 11.0 Å². The zero-order valence-corrected chi connectivity index (χ0v) is 17.4. The quantitative estimate of drug-likeness (QED) is 0.588. The van der Waals surface area contributed by atoms with Crippen molar-refractivity contribution in [2.45, 2.75) is 31.5 Å². The Balaban J connectivity index is 1.44. The summed E-state index contributed by atoms with van der Waals surface area (Å²) < 4.78 is 1.98. The van der Waals surface area contributed by atoms with Crippen LogP contribution in [0.4, 0.5) is 11.4 Å². The van der Waals surface area contributed by atoms with Crippen LogP contribution in [0.5, 0.6) is 0 Å². The van der Waals surface area contributed by atoms with Crippen molar-refractivity contribution in [2.75, 3.05) is 22.5 Å². The third kappa shape index (κ3) is 4.20. The van der Waals surface area contributed by atoms with Gasteiger partial charge in [-0.05, 0) is 37.6 Å². The fraction of sp³-hybridized carbons (Fsp3) is 0.286. The van der Waals surface area contributed by atoms with Gasteiger partial charge in [0.05, 0.1) is 17.1 Å². The standard InChI is InChI=1S/C21H22N6O2S/c1-2-26-20(15-9-11-22-12-10-15)24-25-21(26)30-14-18(28)23-16-6-3-4-7-17(16)27-13-5-8-19(27)29/h3-4,6-7,9-12H,2,5,8,13-14H2,1H3,(H,23,28). The summed E-state index contributed by atoms with van der Waals surface area (Å²) in [5.41, 5.74) is 2.32. The van der Waals surface area contributed by atoms with Crippen LogP contribution in [0.15, 0.2) is 53.9 Å². The Hall–Kier alpha value is -3.20. The molecule has 0 unspecified atom stereocenters. The summed E-state index contributed by atoms with van der Waals surface area (Å²) in [5.74, 6) is 0.873. The lowest BCUT2D eigenvalue weighted by atomic mass is 10.2. The van der Waals surface area contributed by atoms with E-state index in [-0.39, 0.29) is 17.6 Å². The molecule has 3 aromatic rings. The first-order chi connectivity index (χ1) is 14.7. The Morgan fingerprint density at radius 1 is 1.17 bits per heavy atom. The highest BCUT2D eigenvalue weighted by atomic mass is 32.2. The predicted octanol–water partition coefficient (Wildman–Crippen LogP) is 3.22. The van der Waals surface area contributed by atoms with E-state index < -0.39 is 0 Å². The van der Waals surface area contributed by atoms with E-state index in [0.29, 0.717) is 30.4 Å². The third-order valence-corrected chi connectivity index (χ3v) is 5.81. The number of benzene rings is 1. The Bertz CT molecular complexity index is 1050. The molecule has 1 N–H and O–H groups in total. The second-order valence-electron chi connectivity index (χ2n) is 6.79. The molecule has 9 heteroatoms. The van der Waals surface area contributed by atoms with Crippen molar-refractivity contribution >= 4 is 35.0 Å². The molecule has 1 fully saturated rings. The lowest BCUT2D eigenvalue weighted by Gasteiger charge is -2.19. The molecule has 2 aromatic heterocycles. The van der Waals surface area contributed by atoms with Gasteiger partial charge in [0.2, 0.25) is 11.8 Å². The second-order valence-corrected chi connectivity index (χ2v) is 7.73. The maximum Gasteiger partial charge on any atom is 0.234 e. The van der Waals surface area contributed by atoms with Crippen molar-refractivity contribution in [3.63, 3.8) is 0 Å². The number of carbonyl (C=O) groups excluding carboxylic acids is 2. The number of nitrogens with zero attached hydrogens (tertiary/aromatic N) is 5. The fourth-order valence-corrected chi connectivity index (χ4v) is 4.23. The molecule has 1 aliphatic rings. The molecule has 0 bridgehead atoms. The molecular formula is C21H22N6O2S. The van der Waals surface area contributed by atoms with Crippen LogP contribution in [-0.2, 0) is 16.1 Å². The number of anilines is 2. The average Bonchev–Trinajstić information content (AvgIpc) is 3.39. The van der Waals surface area contributed by atoms with Crippen molar-refractivity contribution in [3.8, 4) is 11.4 Å². The molecule has 0 spiro atoms. The predicted molar refractivity (Wildman–Crippen MR) is 116 cm³/mol. The van der Waals surface area contributed by atoms with E-state index in [0.717, 1.165) is 23.5 Å². The van der Waals surface area contributed by atoms with Crippen molar-refractivity contribution < 1.29 is 9.59 Å². The SMILES string of the molecule is CCn1c(SCC(=O)Nc2ccccc2N2CCCC2=O)nnc1-c1ccncc1. The number of nitrogens with one attached hydrogen (secondary N) is 1. The van der Waals surface area contributed by atoms with Gasteiger partial charge in [-0.3, -0.25) is 14.6 Å². The number of hydrogen-bond acceptors (Lipinski definition) is 6. The van der Waals surface area contributed by atoms with Crippen LogP contribution < -0.4 is 10.2 Å². The van der Waals surface area contributed by atoms with Gasteiger partial charge in [0.25, 0.3) is 0 Å². The van der Waals surface area contributed by atoms with Gasteiger partial charge in [-0.25, -0.2) is 0 Å². The largest absolute Gasteiger partial charge is 0.324 e. The van der Waals surface area contributed by atoms with Crippen LogP contribution in [0.3, 0.4) is 0 Å². The average molecular weight is 423 g/mol. The van der Waals surface area contributed by atoms with Gasteiger partial charge in [0, 0.05) is 37.5 Å².